The van der Waals surface area contributed by atoms with Crippen molar-refractivity contribution in [3.63, 3.8) is 0 Å². The fourth-order valence-corrected chi connectivity index (χ4v) is 11.3. The summed E-state index contributed by atoms with van der Waals surface area (Å²) in [6.07, 6.45) is 12.2. The van der Waals surface area contributed by atoms with Gasteiger partial charge in [0.2, 0.25) is 0 Å². The second-order valence-corrected chi connectivity index (χ2v) is 17.1. The quantitative estimate of drug-likeness (QED) is 0.202. The maximum atomic E-state index is 6.33. The summed E-state index contributed by atoms with van der Waals surface area (Å²) < 4.78 is 6.33. The minimum Gasteiger partial charge on any atom is -0.366 e. The van der Waals surface area contributed by atoms with Crippen LogP contribution < -0.4 is 0 Å². The molecule has 1 aliphatic carbocycles. The van der Waals surface area contributed by atoms with E-state index in [0.29, 0.717) is 40.3 Å². The molecule has 1 heterocycles. The van der Waals surface area contributed by atoms with Crippen molar-refractivity contribution in [3.05, 3.63) is 35.5 Å². The molecule has 1 aliphatic heterocycles. The van der Waals surface area contributed by atoms with Crippen LogP contribution in [0.2, 0.25) is 16.6 Å². The van der Waals surface area contributed by atoms with Crippen LogP contribution in [0.15, 0.2) is 35.5 Å². The molecule has 6 atom stereocenters. The zero-order chi connectivity index (χ0) is 24.2. The van der Waals surface area contributed by atoms with E-state index in [1.807, 2.05) is 0 Å². The summed E-state index contributed by atoms with van der Waals surface area (Å²) in [6.45, 7) is 25.7. The van der Waals surface area contributed by atoms with Crippen molar-refractivity contribution >= 4 is 8.07 Å². The van der Waals surface area contributed by atoms with Crippen LogP contribution >= 0.6 is 0 Å². The third-order valence-corrected chi connectivity index (χ3v) is 14.6. The summed E-state index contributed by atoms with van der Waals surface area (Å²) >= 11 is 0. The van der Waals surface area contributed by atoms with Gasteiger partial charge in [0.1, 0.15) is 8.07 Å². The van der Waals surface area contributed by atoms with Crippen molar-refractivity contribution in [2.24, 2.45) is 23.7 Å². The van der Waals surface area contributed by atoms with Gasteiger partial charge in [-0.05, 0) is 72.2 Å². The van der Waals surface area contributed by atoms with E-state index in [2.05, 4.69) is 112 Å². The van der Waals surface area contributed by atoms with E-state index in [9.17, 15) is 0 Å². The van der Waals surface area contributed by atoms with Crippen LogP contribution in [0.5, 0.6) is 0 Å². The first kappa shape index (κ1) is 27.2. The lowest BCUT2D eigenvalue weighted by Crippen LogP contribution is -2.43. The molecule has 32 heavy (non-hydrogen) atoms. The molecule has 0 unspecified atom stereocenters. The molecular formula is C30H50OSi. The Bertz CT molecular complexity index is 751. The van der Waals surface area contributed by atoms with E-state index in [4.69, 9.17) is 4.74 Å². The van der Waals surface area contributed by atoms with Gasteiger partial charge in [-0.3, -0.25) is 0 Å². The monoisotopic (exact) mass is 454 g/mol. The normalized spacial score (nSPS) is 30.0. The Morgan fingerprint density at radius 2 is 1.72 bits per heavy atom. The molecule has 0 bridgehead atoms. The number of allylic oxidation sites excluding steroid dienone is 3. The van der Waals surface area contributed by atoms with Gasteiger partial charge in [-0.1, -0.05) is 86.6 Å². The van der Waals surface area contributed by atoms with E-state index in [0.717, 1.165) is 12.8 Å². The van der Waals surface area contributed by atoms with Gasteiger partial charge in [0.15, 0.2) is 0 Å². The molecule has 0 saturated heterocycles. The Hall–Kier alpha value is -1.04. The second-order valence-electron chi connectivity index (χ2n) is 11.5. The lowest BCUT2D eigenvalue weighted by molar-refractivity contribution is 0.0178. The van der Waals surface area contributed by atoms with E-state index in [-0.39, 0.29) is 12.2 Å². The van der Waals surface area contributed by atoms with Gasteiger partial charge in [-0.25, -0.2) is 0 Å². The van der Waals surface area contributed by atoms with Crippen molar-refractivity contribution in [1.29, 1.82) is 0 Å². The zero-order valence-corrected chi connectivity index (χ0v) is 23.8. The van der Waals surface area contributed by atoms with Gasteiger partial charge in [-0.2, -0.15) is 0 Å². The van der Waals surface area contributed by atoms with Crippen LogP contribution in [0.25, 0.3) is 0 Å². The predicted octanol–water partition coefficient (Wildman–Crippen LogP) is 8.74. The Morgan fingerprint density at radius 3 is 2.25 bits per heavy atom. The maximum absolute atomic E-state index is 6.33. The second kappa shape index (κ2) is 11.4. The highest BCUT2D eigenvalue weighted by Crippen LogP contribution is 2.48. The SMILES string of the molecule is CC[C@H]1O[C@@H](/C(C)=C\[C@H](C)/C=C/[C@H]2[C@@H](C)[C@@H]2C#C[Si](C(C)C)(C(C)C)C(C)C)CC=C1C. The Morgan fingerprint density at radius 1 is 1.12 bits per heavy atom. The highest BCUT2D eigenvalue weighted by atomic mass is 28.3. The van der Waals surface area contributed by atoms with Crippen molar-refractivity contribution < 1.29 is 4.74 Å². The lowest BCUT2D eigenvalue weighted by Gasteiger charge is -2.38. The van der Waals surface area contributed by atoms with E-state index in [1.165, 1.54) is 11.1 Å². The first-order valence-electron chi connectivity index (χ1n) is 13.2. The van der Waals surface area contributed by atoms with E-state index < -0.39 is 8.07 Å². The Balaban J connectivity index is 2.03. The van der Waals surface area contributed by atoms with Crippen LogP contribution in [0.3, 0.4) is 0 Å². The fourth-order valence-electron chi connectivity index (χ4n) is 6.04. The molecule has 0 aromatic rings. The minimum atomic E-state index is -1.62. The number of rotatable bonds is 8. The van der Waals surface area contributed by atoms with Gasteiger partial charge < -0.3 is 4.74 Å². The van der Waals surface area contributed by atoms with Crippen LogP contribution in [0.4, 0.5) is 0 Å². The van der Waals surface area contributed by atoms with Gasteiger partial charge in [0.05, 0.1) is 12.2 Å². The first-order valence-corrected chi connectivity index (χ1v) is 15.4. The first-order chi connectivity index (χ1) is 14.9. The van der Waals surface area contributed by atoms with Crippen molar-refractivity contribution in [2.45, 2.75) is 118 Å². The molecule has 1 saturated carbocycles. The predicted molar refractivity (Wildman–Crippen MR) is 144 cm³/mol. The summed E-state index contributed by atoms with van der Waals surface area (Å²) in [5.41, 5.74) is 8.83. The molecule has 0 N–H and O–H groups in total. The molecule has 180 valence electrons. The average molecular weight is 455 g/mol. The summed E-state index contributed by atoms with van der Waals surface area (Å²) in [7, 11) is -1.62. The molecule has 1 nitrogen and oxygen atoms in total. The number of hydrogen-bond donors (Lipinski definition) is 0. The van der Waals surface area contributed by atoms with Gasteiger partial charge in [0.25, 0.3) is 0 Å². The largest absolute Gasteiger partial charge is 0.366 e. The molecule has 0 aromatic heterocycles. The molecule has 2 rings (SSSR count). The summed E-state index contributed by atoms with van der Waals surface area (Å²) in [6, 6.07) is 0. The van der Waals surface area contributed by atoms with Gasteiger partial charge >= 0.3 is 0 Å². The third-order valence-electron chi connectivity index (χ3n) is 8.30. The molecule has 1 fully saturated rings. The standard InChI is InChI=1S/C30H50OSi/c1-12-29-24(9)14-16-30(31-29)25(10)19-23(8)13-15-27-26(11)28(27)17-18-32(20(2)3,21(4)5)22(6)7/h13-15,19-23,26-30H,12,16H2,1-11H3/b15-13+,25-19-/t23-,26-,27+,28+,29-,30-/m1/s1. The van der Waals surface area contributed by atoms with E-state index in [1.54, 1.807) is 0 Å². The third kappa shape index (κ3) is 6.09. The van der Waals surface area contributed by atoms with Crippen molar-refractivity contribution in [3.8, 4) is 11.5 Å². The van der Waals surface area contributed by atoms with Gasteiger partial charge in [-0.15, -0.1) is 11.5 Å². The maximum Gasteiger partial charge on any atom is 0.145 e. The number of ether oxygens (including phenoxy) is 1. The highest BCUT2D eigenvalue weighted by Gasteiger charge is 2.46. The minimum absolute atomic E-state index is 0.235. The molecule has 0 spiro atoms. The molecule has 2 aliphatic rings. The molecule has 2 heteroatoms. The smallest absolute Gasteiger partial charge is 0.145 e. The molecular weight excluding hydrogens is 404 g/mol. The van der Waals surface area contributed by atoms with Crippen LogP contribution in [0, 0.1) is 35.1 Å². The Kier molecular flexibility index (Phi) is 9.68. The number of hydrogen-bond acceptors (Lipinski definition) is 1. The van der Waals surface area contributed by atoms with Crippen LogP contribution in [-0.4, -0.2) is 20.3 Å². The van der Waals surface area contributed by atoms with Crippen molar-refractivity contribution in [1.82, 2.24) is 0 Å². The molecule has 0 radical (unpaired) electrons. The van der Waals surface area contributed by atoms with Crippen LogP contribution in [0.1, 0.15) is 89.0 Å². The fraction of sp³-hybridized carbons (Fsp3) is 0.733. The topological polar surface area (TPSA) is 9.23 Å². The van der Waals surface area contributed by atoms with Crippen molar-refractivity contribution in [2.75, 3.05) is 0 Å². The van der Waals surface area contributed by atoms with E-state index >= 15 is 0 Å². The van der Waals surface area contributed by atoms with Crippen LogP contribution in [-0.2, 0) is 4.74 Å². The average Bonchev–Trinajstić information content (AvgIpc) is 3.34. The lowest BCUT2D eigenvalue weighted by atomic mass is 9.96. The highest BCUT2D eigenvalue weighted by molar-refractivity contribution is 6.90. The Labute approximate surface area is 201 Å². The molecule has 0 amide bonds. The van der Waals surface area contributed by atoms with Gasteiger partial charge in [0, 0.05) is 5.92 Å². The summed E-state index contributed by atoms with van der Waals surface area (Å²) in [4.78, 5) is 0. The zero-order valence-electron chi connectivity index (χ0n) is 22.8. The summed E-state index contributed by atoms with van der Waals surface area (Å²) in [5.74, 6) is 6.08. The summed E-state index contributed by atoms with van der Waals surface area (Å²) in [5, 5.41) is 0. The molecule has 0 aromatic carbocycles.